The lowest BCUT2D eigenvalue weighted by atomic mass is 10.1. The Balaban J connectivity index is 1.89. The SMILES string of the molecule is O[C@H](/C=N/N(c1ccccc1)c1ccccc1)c1ccccc1. The topological polar surface area (TPSA) is 35.8 Å². The number of aliphatic hydroxyl groups is 1. The number of anilines is 2. The van der Waals surface area contributed by atoms with E-state index in [4.69, 9.17) is 0 Å². The molecule has 0 spiro atoms. The van der Waals surface area contributed by atoms with Crippen LogP contribution < -0.4 is 5.01 Å². The van der Waals surface area contributed by atoms with Crippen molar-refractivity contribution in [2.24, 2.45) is 5.10 Å². The molecule has 3 aromatic rings. The molecule has 0 amide bonds. The smallest absolute Gasteiger partial charge is 0.116 e. The molecule has 0 unspecified atom stereocenters. The van der Waals surface area contributed by atoms with Crippen molar-refractivity contribution in [1.29, 1.82) is 0 Å². The lowest BCUT2D eigenvalue weighted by Crippen LogP contribution is -2.11. The molecule has 0 heterocycles. The molecule has 0 aliphatic heterocycles. The Morgan fingerprint density at radius 3 is 1.61 bits per heavy atom. The molecule has 3 rings (SSSR count). The molecule has 0 fully saturated rings. The van der Waals surface area contributed by atoms with Gasteiger partial charge in [-0.3, -0.25) is 0 Å². The summed E-state index contributed by atoms with van der Waals surface area (Å²) in [5.41, 5.74) is 2.70. The first-order valence-corrected chi connectivity index (χ1v) is 7.52. The van der Waals surface area contributed by atoms with Crippen molar-refractivity contribution < 1.29 is 5.11 Å². The molecule has 1 N–H and O–H groups in total. The van der Waals surface area contributed by atoms with Crippen LogP contribution in [0.3, 0.4) is 0 Å². The fourth-order valence-electron chi connectivity index (χ4n) is 2.29. The van der Waals surface area contributed by atoms with Crippen LogP contribution in [0.25, 0.3) is 0 Å². The molecule has 0 aliphatic rings. The Labute approximate surface area is 136 Å². The largest absolute Gasteiger partial charge is 0.383 e. The summed E-state index contributed by atoms with van der Waals surface area (Å²) >= 11 is 0. The third-order valence-electron chi connectivity index (χ3n) is 3.47. The number of nitrogens with zero attached hydrogens (tertiary/aromatic N) is 2. The Kier molecular flexibility index (Phi) is 4.82. The molecule has 114 valence electrons. The molecule has 0 aliphatic carbocycles. The van der Waals surface area contributed by atoms with Gasteiger partial charge in [-0.05, 0) is 29.8 Å². The summed E-state index contributed by atoms with van der Waals surface area (Å²) in [5, 5.41) is 16.6. The highest BCUT2D eigenvalue weighted by molar-refractivity contribution is 5.71. The van der Waals surface area contributed by atoms with Gasteiger partial charge in [0, 0.05) is 0 Å². The highest BCUT2D eigenvalue weighted by Gasteiger charge is 2.08. The average molecular weight is 302 g/mol. The van der Waals surface area contributed by atoms with Gasteiger partial charge in [-0.1, -0.05) is 66.7 Å². The van der Waals surface area contributed by atoms with E-state index in [-0.39, 0.29) is 0 Å². The first-order valence-electron chi connectivity index (χ1n) is 7.52. The van der Waals surface area contributed by atoms with Crippen molar-refractivity contribution in [2.45, 2.75) is 6.10 Å². The van der Waals surface area contributed by atoms with Crippen molar-refractivity contribution in [2.75, 3.05) is 5.01 Å². The third-order valence-corrected chi connectivity index (χ3v) is 3.47. The summed E-state index contributed by atoms with van der Waals surface area (Å²) in [4.78, 5) is 0. The number of para-hydroxylation sites is 2. The predicted molar refractivity (Wildman–Crippen MR) is 94.9 cm³/mol. The minimum absolute atomic E-state index is 0.744. The van der Waals surface area contributed by atoms with Crippen LogP contribution in [0.4, 0.5) is 11.4 Å². The molecule has 3 heteroatoms. The van der Waals surface area contributed by atoms with Gasteiger partial charge in [-0.25, -0.2) is 5.01 Å². The minimum Gasteiger partial charge on any atom is -0.383 e. The second kappa shape index (κ2) is 7.38. The van der Waals surface area contributed by atoms with Gasteiger partial charge in [-0.2, -0.15) is 5.10 Å². The number of hydrazone groups is 1. The van der Waals surface area contributed by atoms with E-state index >= 15 is 0 Å². The molecule has 3 aromatic carbocycles. The maximum absolute atomic E-state index is 10.3. The Morgan fingerprint density at radius 2 is 1.13 bits per heavy atom. The Hall–Kier alpha value is -2.91. The van der Waals surface area contributed by atoms with E-state index in [9.17, 15) is 5.11 Å². The summed E-state index contributed by atoms with van der Waals surface area (Å²) in [6.07, 6.45) is 0.807. The standard InChI is InChI=1S/C20H18N2O/c23-20(17-10-4-1-5-11-17)16-21-22(18-12-6-2-7-13-18)19-14-8-3-9-15-19/h1-16,20,23H/b21-16+/t20-/m1/s1. The molecule has 1 atom stereocenters. The van der Waals surface area contributed by atoms with Gasteiger partial charge in [0.15, 0.2) is 0 Å². The van der Waals surface area contributed by atoms with Crippen LogP contribution in [-0.4, -0.2) is 11.3 Å². The lowest BCUT2D eigenvalue weighted by Gasteiger charge is -2.19. The monoisotopic (exact) mass is 302 g/mol. The van der Waals surface area contributed by atoms with Crippen molar-refractivity contribution in [3.05, 3.63) is 96.6 Å². The molecule has 0 radical (unpaired) electrons. The van der Waals surface area contributed by atoms with Gasteiger partial charge >= 0.3 is 0 Å². The fourth-order valence-corrected chi connectivity index (χ4v) is 2.29. The third kappa shape index (κ3) is 3.84. The highest BCUT2D eigenvalue weighted by atomic mass is 16.3. The van der Waals surface area contributed by atoms with Crippen LogP contribution in [0.2, 0.25) is 0 Å². The molecule has 0 aromatic heterocycles. The number of aliphatic hydroxyl groups excluding tert-OH is 1. The van der Waals surface area contributed by atoms with E-state index in [1.54, 1.807) is 6.21 Å². The fraction of sp³-hybridized carbons (Fsp3) is 0.0500. The van der Waals surface area contributed by atoms with Gasteiger partial charge in [0.2, 0.25) is 0 Å². The van der Waals surface area contributed by atoms with E-state index in [2.05, 4.69) is 5.10 Å². The molecule has 23 heavy (non-hydrogen) atoms. The zero-order chi connectivity index (χ0) is 15.9. The predicted octanol–water partition coefficient (Wildman–Crippen LogP) is 4.54. The van der Waals surface area contributed by atoms with E-state index in [0.29, 0.717) is 0 Å². The second-order valence-electron chi connectivity index (χ2n) is 5.10. The van der Waals surface area contributed by atoms with E-state index in [0.717, 1.165) is 16.9 Å². The highest BCUT2D eigenvalue weighted by Crippen LogP contribution is 2.25. The van der Waals surface area contributed by atoms with E-state index in [1.165, 1.54) is 0 Å². The summed E-state index contributed by atoms with van der Waals surface area (Å²) in [7, 11) is 0. The Morgan fingerprint density at radius 1 is 0.696 bits per heavy atom. The number of hydrogen-bond acceptors (Lipinski definition) is 3. The summed E-state index contributed by atoms with van der Waals surface area (Å²) < 4.78 is 0. The first-order chi connectivity index (χ1) is 11.3. The molecule has 0 bridgehead atoms. The Bertz CT molecular complexity index is 703. The van der Waals surface area contributed by atoms with Crippen LogP contribution in [0.15, 0.2) is 96.1 Å². The van der Waals surface area contributed by atoms with Crippen molar-refractivity contribution in [3.63, 3.8) is 0 Å². The molecule has 0 saturated heterocycles. The maximum Gasteiger partial charge on any atom is 0.116 e. The van der Waals surface area contributed by atoms with Crippen LogP contribution >= 0.6 is 0 Å². The molecule has 3 nitrogen and oxygen atoms in total. The minimum atomic E-state index is -0.744. The van der Waals surface area contributed by atoms with E-state index < -0.39 is 6.10 Å². The lowest BCUT2D eigenvalue weighted by molar-refractivity contribution is 0.252. The van der Waals surface area contributed by atoms with Crippen LogP contribution in [0, 0.1) is 0 Å². The van der Waals surface area contributed by atoms with Gasteiger partial charge in [0.25, 0.3) is 0 Å². The van der Waals surface area contributed by atoms with E-state index in [1.807, 2.05) is 96.0 Å². The molecule has 0 saturated carbocycles. The van der Waals surface area contributed by atoms with Crippen molar-refractivity contribution >= 4 is 17.6 Å². The zero-order valence-corrected chi connectivity index (χ0v) is 12.7. The first kappa shape index (κ1) is 15.0. The van der Waals surface area contributed by atoms with Gasteiger partial charge < -0.3 is 5.11 Å². The normalized spacial score (nSPS) is 12.2. The van der Waals surface area contributed by atoms with Crippen LogP contribution in [-0.2, 0) is 0 Å². The van der Waals surface area contributed by atoms with Crippen molar-refractivity contribution in [1.82, 2.24) is 0 Å². The quantitative estimate of drug-likeness (QED) is 0.554. The van der Waals surface area contributed by atoms with Crippen molar-refractivity contribution in [3.8, 4) is 0 Å². The molecular formula is C20H18N2O. The average Bonchev–Trinajstić information content (AvgIpc) is 2.64. The summed E-state index contributed by atoms with van der Waals surface area (Å²) in [6, 6.07) is 29.2. The maximum atomic E-state index is 10.3. The number of rotatable bonds is 5. The molecular weight excluding hydrogens is 284 g/mol. The zero-order valence-electron chi connectivity index (χ0n) is 12.7. The van der Waals surface area contributed by atoms with Crippen LogP contribution in [0.1, 0.15) is 11.7 Å². The summed E-state index contributed by atoms with van der Waals surface area (Å²) in [5.74, 6) is 0. The number of benzene rings is 3. The second-order valence-corrected chi connectivity index (χ2v) is 5.10. The van der Waals surface area contributed by atoms with Gasteiger partial charge in [0.05, 0.1) is 17.6 Å². The number of hydrogen-bond donors (Lipinski definition) is 1. The summed E-state index contributed by atoms with van der Waals surface area (Å²) in [6.45, 7) is 0. The van der Waals surface area contributed by atoms with Gasteiger partial charge in [0.1, 0.15) is 6.10 Å². The van der Waals surface area contributed by atoms with Crippen LogP contribution in [0.5, 0.6) is 0 Å². The van der Waals surface area contributed by atoms with Gasteiger partial charge in [-0.15, -0.1) is 0 Å².